The molecule has 0 aliphatic heterocycles. The van der Waals surface area contributed by atoms with Crippen LogP contribution >= 0.6 is 0 Å². The van der Waals surface area contributed by atoms with Gasteiger partial charge in [-0.1, -0.05) is 164 Å². The highest BCUT2D eigenvalue weighted by atomic mass is 16.3. The normalized spacial score (nSPS) is 11.7. The molecular formula is C58H34N6O. The van der Waals surface area contributed by atoms with Gasteiger partial charge in [0.2, 0.25) is 0 Å². The molecule has 0 spiro atoms. The number of hydrogen-bond acceptors (Lipinski definition) is 5. The number of nitrogens with zero attached hydrogens (tertiary/aromatic N) is 6. The van der Waals surface area contributed by atoms with Gasteiger partial charge in [-0.3, -0.25) is 0 Å². The Morgan fingerprint density at radius 3 is 1.58 bits per heavy atom. The fourth-order valence-corrected chi connectivity index (χ4v) is 9.82. The van der Waals surface area contributed by atoms with Crippen LogP contribution in [-0.4, -0.2) is 24.1 Å². The minimum absolute atomic E-state index is 0.417. The second kappa shape index (κ2) is 14.5. The van der Waals surface area contributed by atoms with E-state index in [1.54, 1.807) is 0 Å². The van der Waals surface area contributed by atoms with Gasteiger partial charge in [0.1, 0.15) is 17.3 Å². The second-order valence-electron chi connectivity index (χ2n) is 16.2. The van der Waals surface area contributed by atoms with Crippen LogP contribution in [0.1, 0.15) is 5.56 Å². The van der Waals surface area contributed by atoms with Crippen LogP contribution in [0.15, 0.2) is 211 Å². The van der Waals surface area contributed by atoms with E-state index in [1.165, 1.54) is 0 Å². The van der Waals surface area contributed by atoms with Crippen molar-refractivity contribution in [3.05, 3.63) is 212 Å². The molecule has 0 unspecified atom stereocenters. The molecule has 0 saturated heterocycles. The highest BCUT2D eigenvalue weighted by Crippen LogP contribution is 2.49. The van der Waals surface area contributed by atoms with Gasteiger partial charge >= 0.3 is 0 Å². The number of fused-ring (bicyclic) bond motifs is 10. The van der Waals surface area contributed by atoms with E-state index in [0.717, 1.165) is 82.3 Å². The van der Waals surface area contributed by atoms with Crippen molar-refractivity contribution in [1.29, 1.82) is 5.26 Å². The first-order valence-corrected chi connectivity index (χ1v) is 21.6. The summed E-state index contributed by atoms with van der Waals surface area (Å²) in [6, 6.07) is 73.1. The van der Waals surface area contributed by atoms with Gasteiger partial charge in [-0.05, 0) is 48.0 Å². The number of rotatable bonds is 6. The second-order valence-corrected chi connectivity index (χ2v) is 16.2. The summed E-state index contributed by atoms with van der Waals surface area (Å²) in [4.78, 5) is 15.3. The molecule has 13 rings (SSSR count). The summed E-state index contributed by atoms with van der Waals surface area (Å²) in [5, 5.41) is 17.6. The molecule has 0 atom stereocenters. The van der Waals surface area contributed by atoms with E-state index < -0.39 is 0 Å². The fraction of sp³-hybridized carbons (Fsp3) is 0. The average molecular weight is 831 g/mol. The van der Waals surface area contributed by atoms with Gasteiger partial charge in [-0.2, -0.15) is 5.26 Å². The highest BCUT2D eigenvalue weighted by Gasteiger charge is 2.29. The first-order valence-electron chi connectivity index (χ1n) is 21.6. The van der Waals surface area contributed by atoms with E-state index in [1.807, 2.05) is 91.0 Å². The van der Waals surface area contributed by atoms with Crippen molar-refractivity contribution < 1.29 is 4.42 Å². The number of nitriles is 1. The third kappa shape index (κ3) is 5.58. The molecule has 4 heterocycles. The van der Waals surface area contributed by atoms with E-state index in [-0.39, 0.29) is 0 Å². The molecule has 0 aliphatic carbocycles. The maximum atomic E-state index is 11.5. The molecule has 4 aromatic heterocycles. The average Bonchev–Trinajstić information content (AvgIpc) is 4.05. The number of para-hydroxylation sites is 4. The van der Waals surface area contributed by atoms with Crippen LogP contribution in [0, 0.1) is 11.3 Å². The van der Waals surface area contributed by atoms with Crippen molar-refractivity contribution in [2.24, 2.45) is 0 Å². The molecule has 0 fully saturated rings. The summed E-state index contributed by atoms with van der Waals surface area (Å²) in [6.45, 7) is 0. The van der Waals surface area contributed by atoms with Crippen LogP contribution < -0.4 is 0 Å². The zero-order chi connectivity index (χ0) is 43.0. The van der Waals surface area contributed by atoms with Crippen LogP contribution in [0.5, 0.6) is 0 Å². The van der Waals surface area contributed by atoms with E-state index in [2.05, 4.69) is 130 Å². The van der Waals surface area contributed by atoms with E-state index >= 15 is 0 Å². The van der Waals surface area contributed by atoms with Crippen molar-refractivity contribution in [3.63, 3.8) is 0 Å². The molecule has 0 radical (unpaired) electrons. The highest BCUT2D eigenvalue weighted by molar-refractivity contribution is 6.30. The lowest BCUT2D eigenvalue weighted by atomic mass is 9.97. The molecule has 0 aliphatic rings. The summed E-state index contributed by atoms with van der Waals surface area (Å²) in [5.74, 6) is 1.51. The number of aromatic nitrogens is 5. The summed E-state index contributed by atoms with van der Waals surface area (Å²) in [5.41, 5.74) is 12.0. The summed E-state index contributed by atoms with van der Waals surface area (Å²) >= 11 is 0. The molecular weight excluding hydrogens is 797 g/mol. The SMILES string of the molecule is N#Cc1cc(-c2nc(-c3ccccc3)nc(-c3ccccc3)n2)c2c(oc3ccccc32)c1-n1c2ccccc2c2c1c(-c1ccccc1)cc1c3ccccc3n(-c3ccccc3)c12. The van der Waals surface area contributed by atoms with E-state index in [0.29, 0.717) is 45.5 Å². The first kappa shape index (κ1) is 36.5. The van der Waals surface area contributed by atoms with Gasteiger partial charge in [0, 0.05) is 60.3 Å². The van der Waals surface area contributed by atoms with Crippen LogP contribution in [-0.2, 0) is 0 Å². The molecule has 0 bridgehead atoms. The Kier molecular flexibility index (Phi) is 8.14. The van der Waals surface area contributed by atoms with Crippen molar-refractivity contribution in [2.45, 2.75) is 0 Å². The van der Waals surface area contributed by atoms with E-state index in [4.69, 9.17) is 19.4 Å². The molecule has 0 amide bonds. The van der Waals surface area contributed by atoms with Gasteiger partial charge in [0.05, 0.1) is 27.6 Å². The Hall–Kier alpha value is -9.12. The lowest BCUT2D eigenvalue weighted by Gasteiger charge is -2.16. The Morgan fingerprint density at radius 1 is 0.415 bits per heavy atom. The topological polar surface area (TPSA) is 85.5 Å². The van der Waals surface area contributed by atoms with Gasteiger partial charge in [-0.25, -0.2) is 15.0 Å². The number of furan rings is 1. The molecule has 0 N–H and O–H groups in total. The lowest BCUT2D eigenvalue weighted by molar-refractivity contribution is 0.666. The monoisotopic (exact) mass is 830 g/mol. The minimum atomic E-state index is 0.417. The van der Waals surface area contributed by atoms with Gasteiger partial charge in [0.15, 0.2) is 23.1 Å². The van der Waals surface area contributed by atoms with Crippen LogP contribution in [0.2, 0.25) is 0 Å². The first-order chi connectivity index (χ1) is 32.2. The summed E-state index contributed by atoms with van der Waals surface area (Å²) in [6.07, 6.45) is 0. The quantitative estimate of drug-likeness (QED) is 0.167. The summed E-state index contributed by atoms with van der Waals surface area (Å²) in [7, 11) is 0. The number of hydrogen-bond donors (Lipinski definition) is 0. The largest absolute Gasteiger partial charge is 0.454 e. The third-order valence-corrected chi connectivity index (χ3v) is 12.6. The van der Waals surface area contributed by atoms with Crippen LogP contribution in [0.4, 0.5) is 0 Å². The molecule has 9 aromatic carbocycles. The minimum Gasteiger partial charge on any atom is -0.454 e. The maximum absolute atomic E-state index is 11.5. The van der Waals surface area contributed by atoms with Crippen LogP contribution in [0.3, 0.4) is 0 Å². The molecule has 13 aromatic rings. The predicted octanol–water partition coefficient (Wildman–Crippen LogP) is 14.5. The molecule has 7 heteroatoms. The van der Waals surface area contributed by atoms with Crippen molar-refractivity contribution >= 4 is 65.6 Å². The van der Waals surface area contributed by atoms with Gasteiger partial charge in [-0.15, -0.1) is 0 Å². The Bertz CT molecular complexity index is 3990. The molecule has 65 heavy (non-hydrogen) atoms. The van der Waals surface area contributed by atoms with Crippen molar-refractivity contribution in [1.82, 2.24) is 24.1 Å². The Labute approximate surface area is 372 Å². The van der Waals surface area contributed by atoms with Crippen molar-refractivity contribution in [3.8, 4) is 62.7 Å². The Morgan fingerprint density at radius 2 is 0.938 bits per heavy atom. The maximum Gasteiger partial charge on any atom is 0.164 e. The van der Waals surface area contributed by atoms with E-state index in [9.17, 15) is 5.26 Å². The van der Waals surface area contributed by atoms with Gasteiger partial charge < -0.3 is 13.6 Å². The van der Waals surface area contributed by atoms with Crippen molar-refractivity contribution in [2.75, 3.05) is 0 Å². The standard InChI is InChI=1S/C58H34N6O/c59-35-39-33-46(58-61-56(37-21-7-2-8-22-37)60-57(62-58)38-23-9-3-10-24-38)50-43-29-15-18-32-49(43)65-55(50)52(39)64-48-31-17-14-28-42(48)51-53(64)44(36-19-5-1-6-20-36)34-45-41-27-13-16-30-47(41)63(54(45)51)40-25-11-4-12-26-40/h1-34H. The zero-order valence-corrected chi connectivity index (χ0v) is 34.7. The third-order valence-electron chi connectivity index (χ3n) is 12.6. The summed E-state index contributed by atoms with van der Waals surface area (Å²) < 4.78 is 11.7. The molecule has 0 saturated carbocycles. The molecule has 302 valence electrons. The fourth-order valence-electron chi connectivity index (χ4n) is 9.82. The molecule has 7 nitrogen and oxygen atoms in total. The zero-order valence-electron chi connectivity index (χ0n) is 34.7. The Balaban J connectivity index is 1.21. The number of benzene rings is 9. The lowest BCUT2D eigenvalue weighted by Crippen LogP contribution is -2.03. The predicted molar refractivity (Wildman–Crippen MR) is 262 cm³/mol. The van der Waals surface area contributed by atoms with Gasteiger partial charge in [0.25, 0.3) is 0 Å². The smallest absolute Gasteiger partial charge is 0.164 e. The van der Waals surface area contributed by atoms with Crippen LogP contribution in [0.25, 0.3) is 122 Å².